The van der Waals surface area contributed by atoms with Gasteiger partial charge < -0.3 is 4.74 Å². The maximum Gasteiger partial charge on any atom is 0.240 e. The van der Waals surface area contributed by atoms with E-state index in [9.17, 15) is 0 Å². The number of hydrazine groups is 1. The molecule has 0 fully saturated rings. The summed E-state index contributed by atoms with van der Waals surface area (Å²) in [5.74, 6) is 6.23. The lowest BCUT2D eigenvalue weighted by molar-refractivity contribution is 0.462. The fourth-order valence-electron chi connectivity index (χ4n) is 1.14. The number of hydrogen-bond acceptors (Lipinski definition) is 5. The smallest absolute Gasteiger partial charge is 0.240 e. The normalized spacial score (nSPS) is 10.1. The van der Waals surface area contributed by atoms with Gasteiger partial charge in [-0.2, -0.15) is 4.98 Å². The monoisotopic (exact) mass is 270 g/mol. The molecule has 7 heteroatoms. The van der Waals surface area contributed by atoms with Gasteiger partial charge in [-0.1, -0.05) is 23.2 Å². The molecule has 17 heavy (non-hydrogen) atoms. The van der Waals surface area contributed by atoms with Crippen LogP contribution in [0.1, 0.15) is 0 Å². The largest absolute Gasteiger partial charge is 0.437 e. The molecule has 1 aromatic carbocycles. The Balaban J connectivity index is 2.25. The van der Waals surface area contributed by atoms with Gasteiger partial charge in [-0.25, -0.2) is 10.8 Å². The maximum absolute atomic E-state index is 5.96. The molecular weight excluding hydrogens is 263 g/mol. The summed E-state index contributed by atoms with van der Waals surface area (Å²) in [6, 6.07) is 6.50. The Morgan fingerprint density at radius 1 is 1.24 bits per heavy atom. The zero-order chi connectivity index (χ0) is 12.3. The number of ether oxygens (including phenoxy) is 1. The van der Waals surface area contributed by atoms with Crippen LogP contribution in [-0.2, 0) is 0 Å². The van der Waals surface area contributed by atoms with Gasteiger partial charge in [-0.15, -0.1) is 0 Å². The van der Waals surface area contributed by atoms with Crippen LogP contribution < -0.4 is 16.0 Å². The predicted molar refractivity (Wildman–Crippen MR) is 66.4 cm³/mol. The van der Waals surface area contributed by atoms with E-state index >= 15 is 0 Å². The van der Waals surface area contributed by atoms with Crippen LogP contribution in [0.5, 0.6) is 11.6 Å². The molecule has 0 unspecified atom stereocenters. The van der Waals surface area contributed by atoms with Gasteiger partial charge in [0.15, 0.2) is 0 Å². The first-order valence-electron chi connectivity index (χ1n) is 4.61. The highest BCUT2D eigenvalue weighted by Crippen LogP contribution is 2.30. The molecule has 0 radical (unpaired) electrons. The summed E-state index contributed by atoms with van der Waals surface area (Å²) in [4.78, 5) is 7.84. The number of halogens is 2. The summed E-state index contributed by atoms with van der Waals surface area (Å²) in [6.07, 6.45) is 1.52. The van der Waals surface area contributed by atoms with E-state index in [0.717, 1.165) is 0 Å². The third kappa shape index (κ3) is 2.97. The van der Waals surface area contributed by atoms with Crippen LogP contribution in [0.2, 0.25) is 10.0 Å². The van der Waals surface area contributed by atoms with Gasteiger partial charge in [0.1, 0.15) is 5.75 Å². The Labute approximate surface area is 108 Å². The maximum atomic E-state index is 5.96. The van der Waals surface area contributed by atoms with E-state index in [1.165, 1.54) is 6.20 Å². The van der Waals surface area contributed by atoms with E-state index in [1.807, 2.05) is 0 Å². The number of aromatic nitrogens is 2. The number of hydrogen-bond donors (Lipinski definition) is 2. The molecule has 0 amide bonds. The van der Waals surface area contributed by atoms with Crippen molar-refractivity contribution < 1.29 is 4.74 Å². The van der Waals surface area contributed by atoms with Gasteiger partial charge in [-0.05, 0) is 18.2 Å². The molecule has 0 saturated heterocycles. The first-order chi connectivity index (χ1) is 8.19. The molecule has 2 aromatic rings. The number of nitrogens with zero attached hydrogens (tertiary/aromatic N) is 2. The van der Waals surface area contributed by atoms with Crippen molar-refractivity contribution in [3.63, 3.8) is 0 Å². The van der Waals surface area contributed by atoms with Crippen molar-refractivity contribution in [3.8, 4) is 11.6 Å². The van der Waals surface area contributed by atoms with E-state index in [-0.39, 0.29) is 5.95 Å². The minimum Gasteiger partial charge on any atom is -0.437 e. The molecular formula is C10H8Cl2N4O. The Bertz CT molecular complexity index is 535. The second-order valence-corrected chi connectivity index (χ2v) is 3.88. The molecule has 0 aliphatic carbocycles. The van der Waals surface area contributed by atoms with Gasteiger partial charge >= 0.3 is 0 Å². The standard InChI is InChI=1S/C10H8Cl2N4O/c11-6-1-2-8(7(12)5-6)17-9-3-4-14-10(15-9)16-13/h1-5H,13H2,(H,14,15,16). The molecule has 0 aliphatic heterocycles. The lowest BCUT2D eigenvalue weighted by atomic mass is 10.3. The zero-order valence-electron chi connectivity index (χ0n) is 8.52. The van der Waals surface area contributed by atoms with Crippen LogP contribution in [0, 0.1) is 0 Å². The lowest BCUT2D eigenvalue weighted by Gasteiger charge is -2.07. The fraction of sp³-hybridized carbons (Fsp3) is 0. The molecule has 0 aliphatic rings. The van der Waals surface area contributed by atoms with Crippen LogP contribution in [0.3, 0.4) is 0 Å². The number of nitrogens with two attached hydrogens (primary N) is 1. The Morgan fingerprint density at radius 2 is 2.06 bits per heavy atom. The van der Waals surface area contributed by atoms with Crippen molar-refractivity contribution in [2.75, 3.05) is 5.43 Å². The first-order valence-corrected chi connectivity index (χ1v) is 5.37. The van der Waals surface area contributed by atoms with E-state index in [1.54, 1.807) is 24.3 Å². The van der Waals surface area contributed by atoms with Crippen LogP contribution in [0.25, 0.3) is 0 Å². The fourth-order valence-corrected chi connectivity index (χ4v) is 1.59. The summed E-state index contributed by atoms with van der Waals surface area (Å²) in [6.45, 7) is 0. The molecule has 3 N–H and O–H groups in total. The summed E-state index contributed by atoms with van der Waals surface area (Å²) >= 11 is 11.7. The summed E-state index contributed by atoms with van der Waals surface area (Å²) in [5, 5.41) is 0.938. The van der Waals surface area contributed by atoms with Crippen molar-refractivity contribution >= 4 is 29.2 Å². The number of nitrogens with one attached hydrogen (secondary N) is 1. The van der Waals surface area contributed by atoms with Crippen LogP contribution >= 0.6 is 23.2 Å². The molecule has 88 valence electrons. The highest BCUT2D eigenvalue weighted by Gasteiger charge is 2.05. The lowest BCUT2D eigenvalue weighted by Crippen LogP contribution is -2.10. The Kier molecular flexibility index (Phi) is 3.63. The average Bonchev–Trinajstić information content (AvgIpc) is 2.33. The zero-order valence-corrected chi connectivity index (χ0v) is 10.0. The van der Waals surface area contributed by atoms with E-state index in [0.29, 0.717) is 21.7 Å². The van der Waals surface area contributed by atoms with E-state index in [4.69, 9.17) is 33.8 Å². The quantitative estimate of drug-likeness (QED) is 0.663. The van der Waals surface area contributed by atoms with Gasteiger partial charge in [0, 0.05) is 17.3 Å². The van der Waals surface area contributed by atoms with Crippen molar-refractivity contribution in [1.82, 2.24) is 9.97 Å². The van der Waals surface area contributed by atoms with Crippen LogP contribution in [0.15, 0.2) is 30.5 Å². The third-order valence-electron chi connectivity index (χ3n) is 1.87. The number of anilines is 1. The van der Waals surface area contributed by atoms with Gasteiger partial charge in [0.2, 0.25) is 11.8 Å². The molecule has 0 bridgehead atoms. The third-order valence-corrected chi connectivity index (χ3v) is 2.40. The number of rotatable bonds is 3. The topological polar surface area (TPSA) is 73.1 Å². The van der Waals surface area contributed by atoms with Crippen molar-refractivity contribution in [1.29, 1.82) is 0 Å². The van der Waals surface area contributed by atoms with E-state index in [2.05, 4.69) is 15.4 Å². The minimum absolute atomic E-state index is 0.257. The second kappa shape index (κ2) is 5.18. The first kappa shape index (κ1) is 11.9. The van der Waals surface area contributed by atoms with Crippen LogP contribution in [-0.4, -0.2) is 9.97 Å². The molecule has 0 spiro atoms. The highest BCUT2D eigenvalue weighted by atomic mass is 35.5. The molecule has 1 heterocycles. The molecule has 0 saturated carbocycles. The Morgan fingerprint density at radius 3 is 2.76 bits per heavy atom. The summed E-state index contributed by atoms with van der Waals surface area (Å²) in [7, 11) is 0. The minimum atomic E-state index is 0.257. The molecule has 5 nitrogen and oxygen atoms in total. The van der Waals surface area contributed by atoms with Gasteiger partial charge in [0.05, 0.1) is 5.02 Å². The molecule has 0 atom stereocenters. The number of nitrogen functional groups attached to an aromatic ring is 1. The SMILES string of the molecule is NNc1nccc(Oc2ccc(Cl)cc2Cl)n1. The predicted octanol–water partition coefficient (Wildman–Crippen LogP) is 2.86. The molecule has 1 aromatic heterocycles. The van der Waals surface area contributed by atoms with Crippen LogP contribution in [0.4, 0.5) is 5.95 Å². The molecule has 2 rings (SSSR count). The second-order valence-electron chi connectivity index (χ2n) is 3.04. The summed E-state index contributed by atoms with van der Waals surface area (Å²) < 4.78 is 5.47. The van der Waals surface area contributed by atoms with Crippen molar-refractivity contribution in [2.45, 2.75) is 0 Å². The highest BCUT2D eigenvalue weighted by molar-refractivity contribution is 6.35. The van der Waals surface area contributed by atoms with Gasteiger partial charge in [-0.3, -0.25) is 5.43 Å². The van der Waals surface area contributed by atoms with E-state index < -0.39 is 0 Å². The average molecular weight is 271 g/mol. The summed E-state index contributed by atoms with van der Waals surface area (Å²) in [5.41, 5.74) is 2.32. The number of benzene rings is 1. The van der Waals surface area contributed by atoms with Gasteiger partial charge in [0.25, 0.3) is 0 Å². The van der Waals surface area contributed by atoms with Crippen molar-refractivity contribution in [2.24, 2.45) is 5.84 Å². The van der Waals surface area contributed by atoms with Crippen molar-refractivity contribution in [3.05, 3.63) is 40.5 Å². The Hall–Kier alpha value is -1.56.